The molecule has 0 spiro atoms. The van der Waals surface area contributed by atoms with Gasteiger partial charge in [0, 0.05) is 20.0 Å². The first-order chi connectivity index (χ1) is 11.7. The van der Waals surface area contributed by atoms with Crippen molar-refractivity contribution in [3.8, 4) is 0 Å². The van der Waals surface area contributed by atoms with Crippen LogP contribution in [0.2, 0.25) is 5.02 Å². The summed E-state index contributed by atoms with van der Waals surface area (Å²) in [5.41, 5.74) is -0.652. The van der Waals surface area contributed by atoms with Gasteiger partial charge >= 0.3 is 5.97 Å². The SMILES string of the molecule is CC(=O)Nc1ccc(S(=O)(=O)N2C[C@@H]3CCC[C@@]3(C(=O)O)C2)cc1Cl. The number of sulfonamides is 1. The molecule has 2 N–H and O–H groups in total. The molecular weight excluding hydrogens is 368 g/mol. The first-order valence-electron chi connectivity index (χ1n) is 7.97. The molecule has 136 valence electrons. The molecule has 2 atom stereocenters. The molecule has 1 saturated carbocycles. The van der Waals surface area contributed by atoms with Crippen LogP contribution in [0.3, 0.4) is 0 Å². The van der Waals surface area contributed by atoms with Gasteiger partial charge in [-0.15, -0.1) is 0 Å². The summed E-state index contributed by atoms with van der Waals surface area (Å²) in [6.45, 7) is 1.52. The van der Waals surface area contributed by atoms with Crippen LogP contribution in [-0.2, 0) is 19.6 Å². The lowest BCUT2D eigenvalue weighted by Gasteiger charge is -2.23. The average molecular weight is 387 g/mol. The molecule has 0 bridgehead atoms. The quantitative estimate of drug-likeness (QED) is 0.825. The van der Waals surface area contributed by atoms with Gasteiger partial charge in [0.1, 0.15) is 0 Å². The van der Waals surface area contributed by atoms with Crippen molar-refractivity contribution in [3.63, 3.8) is 0 Å². The largest absolute Gasteiger partial charge is 0.481 e. The van der Waals surface area contributed by atoms with Gasteiger partial charge < -0.3 is 10.4 Å². The molecule has 25 heavy (non-hydrogen) atoms. The molecule has 0 radical (unpaired) electrons. The van der Waals surface area contributed by atoms with Crippen LogP contribution in [0.25, 0.3) is 0 Å². The Morgan fingerprint density at radius 1 is 1.40 bits per heavy atom. The summed E-state index contributed by atoms with van der Waals surface area (Å²) in [7, 11) is -3.85. The van der Waals surface area contributed by atoms with Crippen molar-refractivity contribution < 1.29 is 23.1 Å². The normalized spacial score (nSPS) is 26.4. The Labute approximate surface area is 151 Å². The highest BCUT2D eigenvalue weighted by Gasteiger charge is 2.57. The third-order valence-electron chi connectivity index (χ3n) is 5.15. The number of carboxylic acid groups (broad SMARTS) is 1. The first-order valence-corrected chi connectivity index (χ1v) is 9.79. The monoisotopic (exact) mass is 386 g/mol. The van der Waals surface area contributed by atoms with E-state index in [1.54, 1.807) is 0 Å². The number of carboxylic acids is 1. The van der Waals surface area contributed by atoms with Gasteiger partial charge in [0.15, 0.2) is 0 Å². The van der Waals surface area contributed by atoms with Crippen LogP contribution in [0.4, 0.5) is 5.69 Å². The zero-order valence-corrected chi connectivity index (χ0v) is 15.2. The lowest BCUT2D eigenvalue weighted by atomic mass is 9.81. The van der Waals surface area contributed by atoms with Gasteiger partial charge in [0.25, 0.3) is 0 Å². The number of amides is 1. The van der Waals surface area contributed by atoms with Crippen LogP contribution in [0, 0.1) is 11.3 Å². The maximum absolute atomic E-state index is 12.9. The van der Waals surface area contributed by atoms with E-state index in [9.17, 15) is 23.1 Å². The van der Waals surface area contributed by atoms with Gasteiger partial charge in [-0.05, 0) is 37.0 Å². The fraction of sp³-hybridized carbons (Fsp3) is 0.500. The molecule has 1 amide bonds. The van der Waals surface area contributed by atoms with E-state index < -0.39 is 21.4 Å². The Bertz CT molecular complexity index is 841. The van der Waals surface area contributed by atoms with E-state index >= 15 is 0 Å². The molecule has 1 saturated heterocycles. The lowest BCUT2D eigenvalue weighted by Crippen LogP contribution is -2.37. The van der Waals surface area contributed by atoms with E-state index in [0.29, 0.717) is 12.1 Å². The number of carbonyl (C=O) groups is 2. The van der Waals surface area contributed by atoms with Crippen LogP contribution in [0.15, 0.2) is 23.1 Å². The molecule has 1 aromatic carbocycles. The molecule has 3 rings (SSSR count). The zero-order valence-electron chi connectivity index (χ0n) is 13.7. The molecule has 1 aliphatic heterocycles. The summed E-state index contributed by atoms with van der Waals surface area (Å²) >= 11 is 6.07. The van der Waals surface area contributed by atoms with E-state index in [-0.39, 0.29) is 34.8 Å². The molecule has 1 aromatic rings. The Hall–Kier alpha value is -1.64. The highest BCUT2D eigenvalue weighted by molar-refractivity contribution is 7.89. The molecular formula is C16H19ClN2O5S. The van der Waals surface area contributed by atoms with Gasteiger partial charge in [-0.1, -0.05) is 18.0 Å². The van der Waals surface area contributed by atoms with Crippen molar-refractivity contribution in [2.24, 2.45) is 11.3 Å². The molecule has 0 aromatic heterocycles. The van der Waals surface area contributed by atoms with E-state index in [1.165, 1.54) is 29.4 Å². The summed E-state index contributed by atoms with van der Waals surface area (Å²) < 4.78 is 27.1. The molecule has 0 unspecified atom stereocenters. The van der Waals surface area contributed by atoms with E-state index in [2.05, 4.69) is 5.32 Å². The van der Waals surface area contributed by atoms with Crippen LogP contribution >= 0.6 is 11.6 Å². The van der Waals surface area contributed by atoms with Gasteiger partial charge in [0.2, 0.25) is 15.9 Å². The number of fused-ring (bicyclic) bond motifs is 1. The molecule has 7 nitrogen and oxygen atoms in total. The average Bonchev–Trinajstić information content (AvgIpc) is 3.07. The minimum Gasteiger partial charge on any atom is -0.481 e. The van der Waals surface area contributed by atoms with Crippen molar-refractivity contribution in [3.05, 3.63) is 23.2 Å². The summed E-state index contributed by atoms with van der Waals surface area (Å²) in [6, 6.07) is 4.08. The highest BCUT2D eigenvalue weighted by Crippen LogP contribution is 2.50. The number of halogens is 1. The second-order valence-corrected chi connectivity index (χ2v) is 9.02. The second kappa shape index (κ2) is 6.26. The number of benzene rings is 1. The highest BCUT2D eigenvalue weighted by atomic mass is 35.5. The Morgan fingerprint density at radius 3 is 2.68 bits per heavy atom. The minimum atomic E-state index is -3.85. The van der Waals surface area contributed by atoms with E-state index in [0.717, 1.165) is 12.8 Å². The number of rotatable bonds is 4. The number of anilines is 1. The maximum Gasteiger partial charge on any atom is 0.311 e. The number of aliphatic carboxylic acids is 1. The molecule has 1 heterocycles. The number of nitrogens with zero attached hydrogens (tertiary/aromatic N) is 1. The molecule has 1 aliphatic carbocycles. The number of nitrogens with one attached hydrogen (secondary N) is 1. The van der Waals surface area contributed by atoms with Crippen molar-refractivity contribution >= 4 is 39.2 Å². The van der Waals surface area contributed by atoms with Crippen LogP contribution < -0.4 is 5.32 Å². The predicted octanol–water partition coefficient (Wildman–Crippen LogP) is 2.17. The van der Waals surface area contributed by atoms with Gasteiger partial charge in [-0.2, -0.15) is 4.31 Å². The summed E-state index contributed by atoms with van der Waals surface area (Å²) in [5.74, 6) is -1.39. The fourth-order valence-corrected chi connectivity index (χ4v) is 5.75. The Balaban J connectivity index is 1.89. The minimum absolute atomic E-state index is 0.00730. The van der Waals surface area contributed by atoms with Crippen molar-refractivity contribution in [1.82, 2.24) is 4.31 Å². The van der Waals surface area contributed by atoms with E-state index in [4.69, 9.17) is 11.6 Å². The van der Waals surface area contributed by atoms with Crippen molar-refractivity contribution in [1.29, 1.82) is 0 Å². The Kier molecular flexibility index (Phi) is 4.55. The standard InChI is InChI=1S/C16H19ClN2O5S/c1-10(20)18-14-5-4-12(7-13(14)17)25(23,24)19-8-11-3-2-6-16(11,9-19)15(21)22/h4-5,7,11H,2-3,6,8-9H2,1H3,(H,18,20)(H,21,22)/t11-,16+/m0/s1. The predicted molar refractivity (Wildman–Crippen MR) is 91.9 cm³/mol. The third-order valence-corrected chi connectivity index (χ3v) is 7.27. The third kappa shape index (κ3) is 3.02. The molecule has 2 aliphatic rings. The number of hydrogen-bond donors (Lipinski definition) is 2. The smallest absolute Gasteiger partial charge is 0.311 e. The molecule has 2 fully saturated rings. The topological polar surface area (TPSA) is 104 Å². The van der Waals surface area contributed by atoms with Crippen molar-refractivity contribution in [2.45, 2.75) is 31.1 Å². The first kappa shape index (κ1) is 18.2. The van der Waals surface area contributed by atoms with Crippen molar-refractivity contribution in [2.75, 3.05) is 18.4 Å². The second-order valence-electron chi connectivity index (χ2n) is 6.67. The number of carbonyl (C=O) groups excluding carboxylic acids is 1. The van der Waals surface area contributed by atoms with Crippen LogP contribution in [0.1, 0.15) is 26.2 Å². The van der Waals surface area contributed by atoms with Crippen LogP contribution in [-0.4, -0.2) is 42.8 Å². The Morgan fingerprint density at radius 2 is 2.12 bits per heavy atom. The van der Waals surface area contributed by atoms with Gasteiger partial charge in [-0.25, -0.2) is 8.42 Å². The van der Waals surface area contributed by atoms with Crippen LogP contribution in [0.5, 0.6) is 0 Å². The molecule has 9 heteroatoms. The van der Waals surface area contributed by atoms with Gasteiger partial charge in [0.05, 0.1) is 21.0 Å². The zero-order chi connectivity index (χ0) is 18.4. The summed E-state index contributed by atoms with van der Waals surface area (Å²) in [5, 5.41) is 12.2. The summed E-state index contributed by atoms with van der Waals surface area (Å²) in [6.07, 6.45) is 2.03. The number of hydrogen-bond acceptors (Lipinski definition) is 4. The maximum atomic E-state index is 12.9. The summed E-state index contributed by atoms with van der Waals surface area (Å²) in [4.78, 5) is 22.8. The van der Waals surface area contributed by atoms with E-state index in [1.807, 2.05) is 0 Å². The van der Waals surface area contributed by atoms with Gasteiger partial charge in [-0.3, -0.25) is 9.59 Å². The lowest BCUT2D eigenvalue weighted by molar-refractivity contribution is -0.149. The fourth-order valence-electron chi connectivity index (χ4n) is 3.87.